The van der Waals surface area contributed by atoms with Crippen LogP contribution in [0.15, 0.2) is 0 Å². The van der Waals surface area contributed by atoms with Crippen LogP contribution in [0.2, 0.25) is 0 Å². The number of ether oxygens (including phenoxy) is 1. The molecular weight excluding hydrogens is 214 g/mol. The van der Waals surface area contributed by atoms with Crippen LogP contribution in [-0.4, -0.2) is 47.5 Å². The lowest BCUT2D eigenvalue weighted by Gasteiger charge is -2.26. The fourth-order valence-corrected chi connectivity index (χ4v) is 2.31. The molecule has 0 bridgehead atoms. The minimum Gasteiger partial charge on any atom is -0.379 e. The molecule has 0 N–H and O–H groups in total. The quantitative estimate of drug-likeness (QED) is 0.793. The predicted molar refractivity (Wildman–Crippen MR) is 68.3 cm³/mol. The summed E-state index contributed by atoms with van der Waals surface area (Å²) in [7, 11) is 0. The van der Waals surface area contributed by atoms with Crippen LogP contribution in [0.4, 0.5) is 0 Å². The molecule has 1 aromatic heterocycles. The van der Waals surface area contributed by atoms with E-state index in [9.17, 15) is 0 Å². The van der Waals surface area contributed by atoms with E-state index < -0.39 is 0 Å². The Kier molecular flexibility index (Phi) is 4.18. The number of aromatic nitrogens is 2. The highest BCUT2D eigenvalue weighted by Crippen LogP contribution is 2.12. The number of nitrogens with zero attached hydrogens (tertiary/aromatic N) is 3. The van der Waals surface area contributed by atoms with Crippen molar-refractivity contribution in [1.29, 1.82) is 0 Å². The van der Waals surface area contributed by atoms with E-state index in [1.54, 1.807) is 0 Å². The highest BCUT2D eigenvalue weighted by molar-refractivity contribution is 5.23. The molecule has 0 radical (unpaired) electrons. The molecular formula is C13H23N3O. The molecule has 0 amide bonds. The maximum Gasteiger partial charge on any atom is 0.0653 e. The summed E-state index contributed by atoms with van der Waals surface area (Å²) in [5.41, 5.74) is 3.91. The van der Waals surface area contributed by atoms with Crippen molar-refractivity contribution < 1.29 is 4.74 Å². The molecule has 1 saturated heterocycles. The lowest BCUT2D eigenvalue weighted by Crippen LogP contribution is -2.38. The summed E-state index contributed by atoms with van der Waals surface area (Å²) in [6, 6.07) is 0. The molecule has 0 spiro atoms. The second kappa shape index (κ2) is 5.65. The van der Waals surface area contributed by atoms with Crippen molar-refractivity contribution in [2.45, 2.75) is 33.7 Å². The molecule has 0 unspecified atom stereocenters. The Bertz CT molecular complexity index is 367. The van der Waals surface area contributed by atoms with Crippen LogP contribution in [-0.2, 0) is 17.7 Å². The van der Waals surface area contributed by atoms with Crippen LogP contribution >= 0.6 is 0 Å². The largest absolute Gasteiger partial charge is 0.379 e. The van der Waals surface area contributed by atoms with E-state index in [2.05, 4.69) is 35.5 Å². The Balaban J connectivity index is 1.94. The second-order valence-electron chi connectivity index (χ2n) is 4.69. The van der Waals surface area contributed by atoms with Crippen molar-refractivity contribution in [1.82, 2.24) is 14.7 Å². The normalized spacial score (nSPS) is 17.6. The fraction of sp³-hybridized carbons (Fsp3) is 0.769. The van der Waals surface area contributed by atoms with Crippen molar-refractivity contribution in [3.63, 3.8) is 0 Å². The summed E-state index contributed by atoms with van der Waals surface area (Å²) in [5.74, 6) is 0. The molecule has 0 saturated carbocycles. The second-order valence-corrected chi connectivity index (χ2v) is 4.69. The standard InChI is InChI=1S/C13H23N3O/c1-4-13-11(2)12(3)16(14-13)6-5-15-7-9-17-10-8-15/h4-10H2,1-3H3. The van der Waals surface area contributed by atoms with Gasteiger partial charge >= 0.3 is 0 Å². The first-order valence-electron chi connectivity index (χ1n) is 6.55. The minimum absolute atomic E-state index is 0.872. The molecule has 4 heteroatoms. The molecule has 1 aliphatic rings. The van der Waals surface area contributed by atoms with Crippen molar-refractivity contribution in [3.05, 3.63) is 17.0 Å². The van der Waals surface area contributed by atoms with Gasteiger partial charge in [-0.05, 0) is 25.8 Å². The maximum absolute atomic E-state index is 5.35. The molecule has 0 aliphatic carbocycles. The summed E-state index contributed by atoms with van der Waals surface area (Å²) < 4.78 is 7.51. The summed E-state index contributed by atoms with van der Waals surface area (Å²) >= 11 is 0. The highest BCUT2D eigenvalue weighted by Gasteiger charge is 2.12. The van der Waals surface area contributed by atoms with E-state index in [0.29, 0.717) is 0 Å². The molecule has 0 aromatic carbocycles. The Morgan fingerprint density at radius 1 is 1.18 bits per heavy atom. The van der Waals surface area contributed by atoms with E-state index in [-0.39, 0.29) is 0 Å². The van der Waals surface area contributed by atoms with E-state index in [4.69, 9.17) is 4.74 Å². The lowest BCUT2D eigenvalue weighted by molar-refractivity contribution is 0.0359. The first-order valence-corrected chi connectivity index (χ1v) is 6.55. The third kappa shape index (κ3) is 2.87. The number of hydrogen-bond donors (Lipinski definition) is 0. The molecule has 96 valence electrons. The Hall–Kier alpha value is -0.870. The highest BCUT2D eigenvalue weighted by atomic mass is 16.5. The van der Waals surface area contributed by atoms with Gasteiger partial charge in [-0.1, -0.05) is 6.92 Å². The molecule has 1 aliphatic heterocycles. The molecule has 2 heterocycles. The van der Waals surface area contributed by atoms with Crippen molar-refractivity contribution >= 4 is 0 Å². The van der Waals surface area contributed by atoms with Gasteiger partial charge < -0.3 is 4.74 Å². The Labute approximate surface area is 104 Å². The monoisotopic (exact) mass is 237 g/mol. The van der Waals surface area contributed by atoms with Crippen molar-refractivity contribution in [2.24, 2.45) is 0 Å². The van der Waals surface area contributed by atoms with Crippen molar-refractivity contribution in [3.8, 4) is 0 Å². The molecule has 1 aromatic rings. The maximum atomic E-state index is 5.35. The Morgan fingerprint density at radius 3 is 2.47 bits per heavy atom. The molecule has 1 fully saturated rings. The predicted octanol–water partition coefficient (Wildman–Crippen LogP) is 1.39. The van der Waals surface area contributed by atoms with Crippen LogP contribution in [0.25, 0.3) is 0 Å². The van der Waals surface area contributed by atoms with Gasteiger partial charge in [-0.25, -0.2) is 0 Å². The van der Waals surface area contributed by atoms with Gasteiger partial charge in [-0.15, -0.1) is 0 Å². The van der Waals surface area contributed by atoms with Crippen LogP contribution in [0, 0.1) is 13.8 Å². The molecule has 0 atom stereocenters. The van der Waals surface area contributed by atoms with Crippen LogP contribution in [0.1, 0.15) is 23.9 Å². The lowest BCUT2D eigenvalue weighted by atomic mass is 10.2. The number of aryl methyl sites for hydroxylation is 1. The number of rotatable bonds is 4. The van der Waals surface area contributed by atoms with Crippen molar-refractivity contribution in [2.75, 3.05) is 32.8 Å². The minimum atomic E-state index is 0.872. The van der Waals surface area contributed by atoms with E-state index in [1.807, 2.05) is 0 Å². The summed E-state index contributed by atoms with van der Waals surface area (Å²) in [6.07, 6.45) is 1.03. The average Bonchev–Trinajstić information content (AvgIpc) is 2.65. The van der Waals surface area contributed by atoms with Gasteiger partial charge in [-0.3, -0.25) is 9.58 Å². The van der Waals surface area contributed by atoms with Gasteiger partial charge in [0, 0.05) is 25.3 Å². The van der Waals surface area contributed by atoms with Gasteiger partial charge in [0.15, 0.2) is 0 Å². The smallest absolute Gasteiger partial charge is 0.0653 e. The van der Waals surface area contributed by atoms with Gasteiger partial charge in [-0.2, -0.15) is 5.10 Å². The number of hydrogen-bond acceptors (Lipinski definition) is 3. The first-order chi connectivity index (χ1) is 8.22. The summed E-state index contributed by atoms with van der Waals surface area (Å²) in [6.45, 7) is 12.4. The average molecular weight is 237 g/mol. The zero-order chi connectivity index (χ0) is 12.3. The SMILES string of the molecule is CCc1nn(CCN2CCOCC2)c(C)c1C. The van der Waals surface area contributed by atoms with E-state index >= 15 is 0 Å². The Morgan fingerprint density at radius 2 is 1.88 bits per heavy atom. The van der Waals surface area contributed by atoms with Gasteiger partial charge in [0.1, 0.15) is 0 Å². The fourth-order valence-electron chi connectivity index (χ4n) is 2.31. The van der Waals surface area contributed by atoms with Crippen LogP contribution in [0.3, 0.4) is 0 Å². The van der Waals surface area contributed by atoms with Gasteiger partial charge in [0.25, 0.3) is 0 Å². The molecule has 17 heavy (non-hydrogen) atoms. The van der Waals surface area contributed by atoms with E-state index in [1.165, 1.54) is 17.0 Å². The van der Waals surface area contributed by atoms with Crippen LogP contribution < -0.4 is 0 Å². The summed E-state index contributed by atoms with van der Waals surface area (Å²) in [5, 5.41) is 4.67. The third-order valence-electron chi connectivity index (χ3n) is 3.67. The first kappa shape index (κ1) is 12.6. The van der Waals surface area contributed by atoms with Gasteiger partial charge in [0.2, 0.25) is 0 Å². The van der Waals surface area contributed by atoms with E-state index in [0.717, 1.165) is 45.8 Å². The molecule has 4 nitrogen and oxygen atoms in total. The number of morpholine rings is 1. The van der Waals surface area contributed by atoms with Crippen LogP contribution in [0.5, 0.6) is 0 Å². The third-order valence-corrected chi connectivity index (χ3v) is 3.67. The zero-order valence-corrected chi connectivity index (χ0v) is 11.2. The summed E-state index contributed by atoms with van der Waals surface area (Å²) in [4.78, 5) is 2.45. The molecule has 2 rings (SSSR count). The topological polar surface area (TPSA) is 30.3 Å². The zero-order valence-electron chi connectivity index (χ0n) is 11.2. The van der Waals surface area contributed by atoms with Gasteiger partial charge in [0.05, 0.1) is 25.5 Å².